The van der Waals surface area contributed by atoms with Gasteiger partial charge in [-0.1, -0.05) is 6.92 Å². The maximum absolute atomic E-state index is 10.8. The van der Waals surface area contributed by atoms with Gasteiger partial charge in [-0.25, -0.2) is 8.42 Å². The first-order valence-corrected chi connectivity index (χ1v) is 6.92. The molecule has 0 aromatic carbocycles. The summed E-state index contributed by atoms with van der Waals surface area (Å²) < 4.78 is 21.6. The quantitative estimate of drug-likeness (QED) is 0.653. The van der Waals surface area contributed by atoms with Gasteiger partial charge in [0.25, 0.3) is 0 Å². The van der Waals surface area contributed by atoms with Gasteiger partial charge in [0.2, 0.25) is 0 Å². The highest BCUT2D eigenvalue weighted by Crippen LogP contribution is 2.47. The number of nitrogens with one attached hydrogen (secondary N) is 1. The zero-order valence-corrected chi connectivity index (χ0v) is 9.28. The van der Waals surface area contributed by atoms with Gasteiger partial charge in [-0.3, -0.25) is 0 Å². The number of hydrogen-bond donors (Lipinski definition) is 1. The predicted octanol–water partition coefficient (Wildman–Crippen LogP) is 0.811. The van der Waals surface area contributed by atoms with Crippen LogP contribution in [0.1, 0.15) is 26.2 Å². The van der Waals surface area contributed by atoms with E-state index >= 15 is 0 Å². The van der Waals surface area contributed by atoms with Crippen molar-refractivity contribution in [3.63, 3.8) is 0 Å². The third kappa shape index (κ3) is 4.09. The summed E-state index contributed by atoms with van der Waals surface area (Å²) in [7, 11) is -2.79. The largest absolute Gasteiger partial charge is 0.315 e. The molecular weight excluding hydrogens is 186 g/mol. The lowest BCUT2D eigenvalue weighted by molar-refractivity contribution is 0.451. The Labute approximate surface area is 80.8 Å². The molecule has 4 heteroatoms. The van der Waals surface area contributed by atoms with E-state index in [1.165, 1.54) is 25.5 Å². The first-order chi connectivity index (χ1) is 5.97. The van der Waals surface area contributed by atoms with Crippen LogP contribution in [0.15, 0.2) is 0 Å². The van der Waals surface area contributed by atoms with Gasteiger partial charge in [0.15, 0.2) is 0 Å². The summed E-state index contributed by atoms with van der Waals surface area (Å²) >= 11 is 0. The Morgan fingerprint density at radius 3 is 2.38 bits per heavy atom. The van der Waals surface area contributed by atoms with Crippen LogP contribution in [0.4, 0.5) is 0 Å². The summed E-state index contributed by atoms with van der Waals surface area (Å²) in [6, 6.07) is 0. The molecule has 1 aliphatic rings. The Kier molecular flexibility index (Phi) is 3.35. The number of sulfone groups is 1. The van der Waals surface area contributed by atoms with Crippen LogP contribution in [0.25, 0.3) is 0 Å². The fourth-order valence-electron chi connectivity index (χ4n) is 1.44. The van der Waals surface area contributed by atoms with E-state index in [0.29, 0.717) is 12.0 Å². The normalized spacial score (nSPS) is 20.2. The molecular formula is C9H19NO2S. The average molecular weight is 205 g/mol. The van der Waals surface area contributed by atoms with Gasteiger partial charge in [0, 0.05) is 19.3 Å². The van der Waals surface area contributed by atoms with Crippen molar-refractivity contribution in [3.8, 4) is 0 Å². The SMILES string of the molecule is CCC1(CNCCS(C)(=O)=O)CC1. The van der Waals surface area contributed by atoms with Crippen LogP contribution in [0.2, 0.25) is 0 Å². The lowest BCUT2D eigenvalue weighted by Gasteiger charge is -2.12. The lowest BCUT2D eigenvalue weighted by Crippen LogP contribution is -2.28. The van der Waals surface area contributed by atoms with Crippen LogP contribution < -0.4 is 5.32 Å². The van der Waals surface area contributed by atoms with E-state index in [9.17, 15) is 8.42 Å². The zero-order valence-electron chi connectivity index (χ0n) is 8.47. The molecule has 0 aromatic rings. The van der Waals surface area contributed by atoms with Crippen molar-refractivity contribution in [1.29, 1.82) is 0 Å². The summed E-state index contributed by atoms with van der Waals surface area (Å²) in [4.78, 5) is 0. The molecule has 0 amide bonds. The Morgan fingerprint density at radius 1 is 1.38 bits per heavy atom. The maximum atomic E-state index is 10.8. The molecule has 0 unspecified atom stereocenters. The smallest absolute Gasteiger partial charge is 0.148 e. The summed E-state index contributed by atoms with van der Waals surface area (Å²) in [5, 5.41) is 3.22. The Balaban J connectivity index is 2.08. The first-order valence-electron chi connectivity index (χ1n) is 4.86. The van der Waals surface area contributed by atoms with E-state index in [4.69, 9.17) is 0 Å². The van der Waals surface area contributed by atoms with Crippen LogP contribution in [0, 0.1) is 5.41 Å². The standard InChI is InChI=1S/C9H19NO2S/c1-3-9(4-5-9)8-10-6-7-13(2,11)12/h10H,3-8H2,1-2H3. The molecule has 0 aromatic heterocycles. The summed E-state index contributed by atoms with van der Waals surface area (Å²) in [6.07, 6.45) is 5.09. The van der Waals surface area contributed by atoms with Crippen molar-refractivity contribution in [3.05, 3.63) is 0 Å². The van der Waals surface area contributed by atoms with E-state index in [1.54, 1.807) is 0 Å². The van der Waals surface area contributed by atoms with Crippen molar-refractivity contribution < 1.29 is 8.42 Å². The van der Waals surface area contributed by atoms with Crippen LogP contribution in [0.3, 0.4) is 0 Å². The van der Waals surface area contributed by atoms with Gasteiger partial charge in [-0.2, -0.15) is 0 Å². The van der Waals surface area contributed by atoms with Gasteiger partial charge in [0.1, 0.15) is 9.84 Å². The predicted molar refractivity (Wildman–Crippen MR) is 54.5 cm³/mol. The average Bonchev–Trinajstić information content (AvgIpc) is 2.78. The molecule has 1 rings (SSSR count). The molecule has 1 fully saturated rings. The Morgan fingerprint density at radius 2 is 2.00 bits per heavy atom. The maximum Gasteiger partial charge on any atom is 0.148 e. The molecule has 0 saturated heterocycles. The summed E-state index contributed by atoms with van der Waals surface area (Å²) in [5.41, 5.74) is 0.511. The molecule has 0 radical (unpaired) electrons. The van der Waals surface area contributed by atoms with Crippen LogP contribution in [-0.2, 0) is 9.84 Å². The third-order valence-corrected chi connectivity index (χ3v) is 3.80. The van der Waals surface area contributed by atoms with Crippen molar-refractivity contribution in [1.82, 2.24) is 5.32 Å². The number of rotatable bonds is 6. The molecule has 0 atom stereocenters. The van der Waals surface area contributed by atoms with Crippen molar-refractivity contribution in [2.45, 2.75) is 26.2 Å². The number of hydrogen-bond acceptors (Lipinski definition) is 3. The summed E-state index contributed by atoms with van der Waals surface area (Å²) in [6.45, 7) is 3.78. The van der Waals surface area contributed by atoms with Crippen LogP contribution in [0.5, 0.6) is 0 Å². The molecule has 1 saturated carbocycles. The topological polar surface area (TPSA) is 46.2 Å². The third-order valence-electron chi connectivity index (χ3n) is 2.86. The van der Waals surface area contributed by atoms with Crippen molar-refractivity contribution in [2.24, 2.45) is 5.41 Å². The van der Waals surface area contributed by atoms with E-state index in [2.05, 4.69) is 12.2 Å². The highest BCUT2D eigenvalue weighted by Gasteiger charge is 2.39. The van der Waals surface area contributed by atoms with Gasteiger partial charge in [0.05, 0.1) is 5.75 Å². The molecule has 1 aliphatic carbocycles. The Hall–Kier alpha value is -0.0900. The minimum atomic E-state index is -2.79. The highest BCUT2D eigenvalue weighted by atomic mass is 32.2. The molecule has 0 aliphatic heterocycles. The molecule has 78 valence electrons. The second kappa shape index (κ2) is 3.96. The molecule has 0 heterocycles. The first kappa shape index (κ1) is 11.0. The fraction of sp³-hybridized carbons (Fsp3) is 1.00. The Bertz CT molecular complexity index is 255. The summed E-state index contributed by atoms with van der Waals surface area (Å²) in [5.74, 6) is 0.257. The molecule has 0 bridgehead atoms. The van der Waals surface area contributed by atoms with Crippen LogP contribution >= 0.6 is 0 Å². The van der Waals surface area contributed by atoms with Crippen molar-refractivity contribution in [2.75, 3.05) is 25.1 Å². The van der Waals surface area contributed by atoms with Gasteiger partial charge < -0.3 is 5.32 Å². The molecule has 3 nitrogen and oxygen atoms in total. The van der Waals surface area contributed by atoms with Gasteiger partial charge >= 0.3 is 0 Å². The highest BCUT2D eigenvalue weighted by molar-refractivity contribution is 7.90. The van der Waals surface area contributed by atoms with E-state index < -0.39 is 9.84 Å². The monoisotopic (exact) mass is 205 g/mol. The molecule has 1 N–H and O–H groups in total. The van der Waals surface area contributed by atoms with E-state index in [-0.39, 0.29) is 5.75 Å². The molecule has 13 heavy (non-hydrogen) atoms. The zero-order chi connectivity index (χ0) is 9.95. The second-order valence-corrected chi connectivity index (χ2v) is 6.42. The van der Waals surface area contributed by atoms with E-state index in [0.717, 1.165) is 6.54 Å². The van der Waals surface area contributed by atoms with Crippen molar-refractivity contribution >= 4 is 9.84 Å². The van der Waals surface area contributed by atoms with E-state index in [1.807, 2.05) is 0 Å². The fourth-order valence-corrected chi connectivity index (χ4v) is 1.96. The minimum absolute atomic E-state index is 0.257. The minimum Gasteiger partial charge on any atom is -0.315 e. The van der Waals surface area contributed by atoms with Gasteiger partial charge in [-0.05, 0) is 24.7 Å². The van der Waals surface area contributed by atoms with Gasteiger partial charge in [-0.15, -0.1) is 0 Å². The molecule has 0 spiro atoms. The second-order valence-electron chi connectivity index (χ2n) is 4.16. The van der Waals surface area contributed by atoms with Crippen LogP contribution in [-0.4, -0.2) is 33.5 Å². The lowest BCUT2D eigenvalue weighted by atomic mass is 10.0.